The first-order chi connectivity index (χ1) is 14.7. The third kappa shape index (κ3) is 4.19. The predicted molar refractivity (Wildman–Crippen MR) is 109 cm³/mol. The Bertz CT molecular complexity index is 1310. The molecule has 0 spiro atoms. The zero-order valence-electron chi connectivity index (χ0n) is 16.1. The predicted octanol–water partition coefficient (Wildman–Crippen LogP) is 4.83. The smallest absolute Gasteiger partial charge is 0.416 e. The number of ether oxygens (including phenoxy) is 1. The third-order valence-corrected chi connectivity index (χ3v) is 5.98. The van der Waals surface area contributed by atoms with Crippen LogP contribution in [0, 0.1) is 0 Å². The van der Waals surface area contributed by atoms with E-state index in [-0.39, 0.29) is 16.3 Å². The minimum Gasteiger partial charge on any atom is -0.495 e. The second-order valence-corrected chi connectivity index (χ2v) is 8.32. The number of rotatable bonds is 5. The number of aromatic nitrogens is 2. The highest BCUT2D eigenvalue weighted by molar-refractivity contribution is 7.92. The molecule has 0 saturated carbocycles. The minimum atomic E-state index is -4.55. The topological polar surface area (TPSA) is 72.7 Å². The molecule has 0 aliphatic carbocycles. The van der Waals surface area contributed by atoms with Gasteiger partial charge in [0, 0.05) is 18.0 Å². The molecule has 4 rings (SSSR count). The van der Waals surface area contributed by atoms with Crippen LogP contribution in [-0.4, -0.2) is 24.9 Å². The number of hydrogen-bond donors (Lipinski definition) is 1. The van der Waals surface area contributed by atoms with Crippen LogP contribution in [0.25, 0.3) is 16.9 Å². The highest BCUT2D eigenvalue weighted by Gasteiger charge is 2.30. The van der Waals surface area contributed by atoms with E-state index in [0.29, 0.717) is 11.3 Å². The van der Waals surface area contributed by atoms with Crippen molar-refractivity contribution in [2.45, 2.75) is 11.1 Å². The summed E-state index contributed by atoms with van der Waals surface area (Å²) in [7, 11) is -2.77. The van der Waals surface area contributed by atoms with Gasteiger partial charge in [-0.3, -0.25) is 4.72 Å². The number of anilines is 1. The number of alkyl halides is 3. The van der Waals surface area contributed by atoms with E-state index in [4.69, 9.17) is 4.74 Å². The van der Waals surface area contributed by atoms with Gasteiger partial charge >= 0.3 is 6.18 Å². The third-order valence-electron chi connectivity index (χ3n) is 4.60. The molecule has 4 aromatic rings. The molecular weight excluding hydrogens is 431 g/mol. The summed E-state index contributed by atoms with van der Waals surface area (Å²) in [6, 6.07) is 13.7. The Morgan fingerprint density at radius 2 is 1.77 bits per heavy atom. The van der Waals surface area contributed by atoms with Crippen LogP contribution in [0.3, 0.4) is 0 Å². The second kappa shape index (κ2) is 7.62. The van der Waals surface area contributed by atoms with E-state index in [0.717, 1.165) is 29.9 Å². The fourth-order valence-corrected chi connectivity index (χ4v) is 4.11. The molecule has 2 aromatic heterocycles. The monoisotopic (exact) mass is 447 g/mol. The van der Waals surface area contributed by atoms with Crippen molar-refractivity contribution in [3.63, 3.8) is 0 Å². The van der Waals surface area contributed by atoms with Crippen LogP contribution >= 0.6 is 0 Å². The summed E-state index contributed by atoms with van der Waals surface area (Å²) in [5.41, 5.74) is 1.17. The largest absolute Gasteiger partial charge is 0.495 e. The van der Waals surface area contributed by atoms with Crippen molar-refractivity contribution in [2.75, 3.05) is 11.8 Å². The van der Waals surface area contributed by atoms with Crippen molar-refractivity contribution in [3.05, 3.63) is 78.6 Å². The fraction of sp³-hybridized carbons (Fsp3) is 0.0952. The van der Waals surface area contributed by atoms with Crippen LogP contribution in [-0.2, 0) is 16.2 Å². The van der Waals surface area contributed by atoms with Crippen molar-refractivity contribution in [3.8, 4) is 17.0 Å². The summed E-state index contributed by atoms with van der Waals surface area (Å²) < 4.78 is 73.2. The van der Waals surface area contributed by atoms with E-state index in [1.165, 1.54) is 7.11 Å². The number of hydrogen-bond acceptors (Lipinski definition) is 4. The van der Waals surface area contributed by atoms with E-state index in [9.17, 15) is 21.6 Å². The van der Waals surface area contributed by atoms with Gasteiger partial charge in [-0.05, 0) is 54.6 Å². The van der Waals surface area contributed by atoms with Gasteiger partial charge in [0.15, 0.2) is 0 Å². The number of methoxy groups -OCH3 is 1. The SMILES string of the molecule is COc1ccc(-c2cn3ccccc3n2)cc1NS(=O)(=O)c1ccc(C(F)(F)F)cc1. The first kappa shape index (κ1) is 20.7. The molecule has 0 fully saturated rings. The van der Waals surface area contributed by atoms with Crippen molar-refractivity contribution in [1.29, 1.82) is 0 Å². The van der Waals surface area contributed by atoms with Gasteiger partial charge in [0.2, 0.25) is 0 Å². The number of pyridine rings is 1. The Kier molecular flexibility index (Phi) is 5.10. The summed E-state index contributed by atoms with van der Waals surface area (Å²) in [6.07, 6.45) is -0.920. The Hall–Kier alpha value is -3.53. The number of sulfonamides is 1. The van der Waals surface area contributed by atoms with Gasteiger partial charge in [0.05, 0.1) is 29.0 Å². The highest BCUT2D eigenvalue weighted by Crippen LogP contribution is 2.33. The average molecular weight is 447 g/mol. The Morgan fingerprint density at radius 1 is 1.03 bits per heavy atom. The lowest BCUT2D eigenvalue weighted by atomic mass is 10.1. The average Bonchev–Trinajstić information content (AvgIpc) is 3.17. The molecule has 0 bridgehead atoms. The first-order valence-electron chi connectivity index (χ1n) is 8.99. The summed E-state index contributed by atoms with van der Waals surface area (Å²) in [4.78, 5) is 4.20. The van der Waals surface area contributed by atoms with Crippen LogP contribution in [0.1, 0.15) is 5.56 Å². The molecule has 2 heterocycles. The van der Waals surface area contributed by atoms with Gasteiger partial charge < -0.3 is 9.14 Å². The Morgan fingerprint density at radius 3 is 2.42 bits per heavy atom. The number of benzene rings is 2. The highest BCUT2D eigenvalue weighted by atomic mass is 32.2. The van der Waals surface area contributed by atoms with Crippen molar-refractivity contribution >= 4 is 21.4 Å². The number of imidazole rings is 1. The van der Waals surface area contributed by atoms with Crippen molar-refractivity contribution in [1.82, 2.24) is 9.38 Å². The molecule has 31 heavy (non-hydrogen) atoms. The summed E-state index contributed by atoms with van der Waals surface area (Å²) in [5.74, 6) is 0.253. The van der Waals surface area contributed by atoms with Gasteiger partial charge in [-0.25, -0.2) is 13.4 Å². The second-order valence-electron chi connectivity index (χ2n) is 6.63. The molecule has 1 N–H and O–H groups in total. The lowest BCUT2D eigenvalue weighted by Crippen LogP contribution is -2.14. The standard InChI is InChI=1S/C21H16F3N3O3S/c1-30-19-10-5-14(18-13-27-11-3-2-4-20(27)25-18)12-17(19)26-31(28,29)16-8-6-15(7-9-16)21(22,23)24/h2-13,26H,1H3. The van der Waals surface area contributed by atoms with Crippen molar-refractivity contribution < 1.29 is 26.3 Å². The summed E-state index contributed by atoms with van der Waals surface area (Å²) >= 11 is 0. The van der Waals surface area contributed by atoms with Crippen LogP contribution in [0.2, 0.25) is 0 Å². The molecule has 6 nitrogen and oxygen atoms in total. The number of fused-ring (bicyclic) bond motifs is 1. The van der Waals surface area contributed by atoms with Crippen LogP contribution in [0.5, 0.6) is 5.75 Å². The molecule has 0 saturated heterocycles. The Balaban J connectivity index is 1.69. The number of nitrogens with zero attached hydrogens (tertiary/aromatic N) is 2. The number of nitrogens with one attached hydrogen (secondary N) is 1. The summed E-state index contributed by atoms with van der Waals surface area (Å²) in [5, 5.41) is 0. The van der Waals surface area contributed by atoms with E-state index < -0.39 is 21.8 Å². The molecule has 0 aliphatic rings. The maximum atomic E-state index is 12.8. The Labute approximate surface area is 176 Å². The zero-order valence-corrected chi connectivity index (χ0v) is 16.9. The molecule has 160 valence electrons. The van der Waals surface area contributed by atoms with Gasteiger partial charge in [0.1, 0.15) is 11.4 Å². The lowest BCUT2D eigenvalue weighted by molar-refractivity contribution is -0.137. The van der Waals surface area contributed by atoms with Crippen LogP contribution < -0.4 is 9.46 Å². The molecule has 10 heteroatoms. The normalized spacial score (nSPS) is 12.1. The molecular formula is C21H16F3N3O3S. The van der Waals surface area contributed by atoms with Gasteiger partial charge in [-0.15, -0.1) is 0 Å². The molecule has 0 aliphatic heterocycles. The zero-order chi connectivity index (χ0) is 22.2. The first-order valence-corrected chi connectivity index (χ1v) is 10.5. The van der Waals surface area contributed by atoms with Gasteiger partial charge in [0.25, 0.3) is 10.0 Å². The van der Waals surface area contributed by atoms with E-state index >= 15 is 0 Å². The lowest BCUT2D eigenvalue weighted by Gasteiger charge is -2.14. The van der Waals surface area contributed by atoms with Gasteiger partial charge in [-0.2, -0.15) is 13.2 Å². The van der Waals surface area contributed by atoms with Crippen molar-refractivity contribution in [2.24, 2.45) is 0 Å². The molecule has 0 radical (unpaired) electrons. The number of halogens is 3. The van der Waals surface area contributed by atoms with E-state index in [1.807, 2.05) is 28.8 Å². The van der Waals surface area contributed by atoms with Gasteiger partial charge in [-0.1, -0.05) is 6.07 Å². The molecule has 0 amide bonds. The molecule has 0 unspecified atom stereocenters. The minimum absolute atomic E-state index is 0.136. The fourth-order valence-electron chi connectivity index (χ4n) is 3.05. The maximum Gasteiger partial charge on any atom is 0.416 e. The maximum absolute atomic E-state index is 12.8. The molecule has 2 aromatic carbocycles. The van der Waals surface area contributed by atoms with E-state index in [2.05, 4.69) is 9.71 Å². The van der Waals surface area contributed by atoms with Crippen LogP contribution in [0.4, 0.5) is 18.9 Å². The van der Waals surface area contributed by atoms with Crippen LogP contribution in [0.15, 0.2) is 78.0 Å². The van der Waals surface area contributed by atoms with E-state index in [1.54, 1.807) is 24.4 Å². The molecule has 0 atom stereocenters. The quantitative estimate of drug-likeness (QED) is 0.476. The summed E-state index contributed by atoms with van der Waals surface area (Å²) in [6.45, 7) is 0.